The second-order valence-electron chi connectivity index (χ2n) is 6.94. The smallest absolute Gasteiger partial charge is 0.230 e. The first kappa shape index (κ1) is 22.7. The Morgan fingerprint density at radius 3 is 3.06 bits per heavy atom. The maximum absolute atomic E-state index is 12.1. The summed E-state index contributed by atoms with van der Waals surface area (Å²) >= 11 is 9.70. The van der Waals surface area contributed by atoms with Crippen molar-refractivity contribution in [2.24, 2.45) is 4.99 Å². The summed E-state index contributed by atoms with van der Waals surface area (Å²) < 4.78 is 8.81. The summed E-state index contributed by atoms with van der Waals surface area (Å²) in [5.41, 5.74) is 2.24. The summed E-state index contributed by atoms with van der Waals surface area (Å²) in [6, 6.07) is 9.32. The number of hydrogen-bond acceptors (Lipinski definition) is 7. The van der Waals surface area contributed by atoms with Crippen molar-refractivity contribution < 1.29 is 14.6 Å². The first-order chi connectivity index (χ1) is 15.0. The number of benzene rings is 2. The number of ether oxygens (including phenoxy) is 1. The van der Waals surface area contributed by atoms with Gasteiger partial charge in [0.05, 0.1) is 32.2 Å². The molecule has 1 saturated heterocycles. The first-order valence-electron chi connectivity index (χ1n) is 9.62. The molecule has 0 saturated carbocycles. The SMILES string of the molecule is O=C(CSc1nc2ccc(N=Cc3cc(Br)cc(Br)c3O)cc2s1)NC[C@@H]1CCCO1. The molecule has 2 N–H and O–H groups in total. The van der Waals surface area contributed by atoms with Gasteiger partial charge in [0.15, 0.2) is 4.34 Å². The Labute approximate surface area is 204 Å². The molecule has 2 heterocycles. The molecule has 0 bridgehead atoms. The van der Waals surface area contributed by atoms with Crippen LogP contribution < -0.4 is 5.32 Å². The van der Waals surface area contributed by atoms with Gasteiger partial charge < -0.3 is 15.2 Å². The van der Waals surface area contributed by atoms with Crippen molar-refractivity contribution in [1.82, 2.24) is 10.3 Å². The van der Waals surface area contributed by atoms with Gasteiger partial charge in [-0.15, -0.1) is 11.3 Å². The molecular weight excluding hydrogens is 566 g/mol. The van der Waals surface area contributed by atoms with E-state index in [1.54, 1.807) is 18.3 Å². The molecule has 1 aliphatic rings. The van der Waals surface area contributed by atoms with Crippen molar-refractivity contribution in [3.63, 3.8) is 0 Å². The van der Waals surface area contributed by atoms with Crippen molar-refractivity contribution in [3.8, 4) is 5.75 Å². The van der Waals surface area contributed by atoms with E-state index in [-0.39, 0.29) is 17.8 Å². The molecule has 1 aliphatic heterocycles. The summed E-state index contributed by atoms with van der Waals surface area (Å²) in [4.78, 5) is 21.2. The Balaban J connectivity index is 1.38. The van der Waals surface area contributed by atoms with E-state index in [0.29, 0.717) is 22.3 Å². The fourth-order valence-corrected chi connectivity index (χ4v) is 6.26. The van der Waals surface area contributed by atoms with Crippen LogP contribution in [0.15, 0.2) is 48.6 Å². The van der Waals surface area contributed by atoms with E-state index in [9.17, 15) is 9.90 Å². The van der Waals surface area contributed by atoms with Gasteiger partial charge in [-0.25, -0.2) is 4.98 Å². The Hall–Kier alpha value is -1.46. The number of carbonyl (C=O) groups excluding carboxylic acids is 1. The molecule has 1 fully saturated rings. The first-order valence-corrected chi connectivity index (χ1v) is 13.0. The van der Waals surface area contributed by atoms with Gasteiger partial charge in [-0.2, -0.15) is 0 Å². The molecule has 162 valence electrons. The van der Waals surface area contributed by atoms with Gasteiger partial charge in [-0.3, -0.25) is 9.79 Å². The summed E-state index contributed by atoms with van der Waals surface area (Å²) in [7, 11) is 0. The number of thiazole rings is 1. The molecule has 0 radical (unpaired) electrons. The molecule has 1 amide bonds. The third kappa shape index (κ3) is 6.07. The van der Waals surface area contributed by atoms with Crippen LogP contribution in [0.1, 0.15) is 18.4 Å². The molecule has 1 aromatic heterocycles. The van der Waals surface area contributed by atoms with Gasteiger partial charge in [0.25, 0.3) is 0 Å². The van der Waals surface area contributed by atoms with Crippen molar-refractivity contribution in [2.75, 3.05) is 18.9 Å². The highest BCUT2D eigenvalue weighted by molar-refractivity contribution is 9.11. The monoisotopic (exact) mass is 583 g/mol. The normalized spacial score (nSPS) is 16.4. The van der Waals surface area contributed by atoms with Crippen LogP contribution >= 0.6 is 55.0 Å². The number of nitrogens with zero attached hydrogens (tertiary/aromatic N) is 2. The zero-order chi connectivity index (χ0) is 21.8. The minimum absolute atomic E-state index is 0.00923. The lowest BCUT2D eigenvalue weighted by Crippen LogP contribution is -2.32. The number of hydrogen-bond donors (Lipinski definition) is 2. The lowest BCUT2D eigenvalue weighted by molar-refractivity contribution is -0.119. The zero-order valence-electron chi connectivity index (χ0n) is 16.3. The maximum atomic E-state index is 12.1. The number of aromatic nitrogens is 1. The molecule has 1 atom stereocenters. The number of nitrogens with one attached hydrogen (secondary N) is 1. The van der Waals surface area contributed by atoms with Crippen LogP contribution in [0.2, 0.25) is 0 Å². The zero-order valence-corrected chi connectivity index (χ0v) is 21.1. The molecule has 3 aromatic rings. The molecule has 0 spiro atoms. The van der Waals surface area contributed by atoms with Gasteiger partial charge in [-0.1, -0.05) is 27.7 Å². The largest absolute Gasteiger partial charge is 0.506 e. The number of thioether (sulfide) groups is 1. The second-order valence-corrected chi connectivity index (χ2v) is 11.0. The van der Waals surface area contributed by atoms with Crippen LogP contribution in [0.25, 0.3) is 10.2 Å². The Morgan fingerprint density at radius 1 is 1.39 bits per heavy atom. The lowest BCUT2D eigenvalue weighted by atomic mass is 10.2. The number of fused-ring (bicyclic) bond motifs is 1. The Kier molecular flexibility index (Phi) is 7.65. The van der Waals surface area contributed by atoms with Gasteiger partial charge in [0.2, 0.25) is 5.91 Å². The van der Waals surface area contributed by atoms with E-state index in [0.717, 1.165) is 44.2 Å². The highest BCUT2D eigenvalue weighted by Gasteiger charge is 2.16. The van der Waals surface area contributed by atoms with Crippen molar-refractivity contribution in [2.45, 2.75) is 23.3 Å². The molecule has 31 heavy (non-hydrogen) atoms. The highest BCUT2D eigenvalue weighted by atomic mass is 79.9. The van der Waals surface area contributed by atoms with E-state index in [4.69, 9.17) is 4.74 Å². The van der Waals surface area contributed by atoms with E-state index >= 15 is 0 Å². The predicted molar refractivity (Wildman–Crippen MR) is 133 cm³/mol. The second kappa shape index (κ2) is 10.4. The molecule has 0 aliphatic carbocycles. The number of phenolic OH excluding ortho intramolecular Hbond substituents is 1. The van der Waals surface area contributed by atoms with Gasteiger partial charge in [0.1, 0.15) is 5.75 Å². The maximum Gasteiger partial charge on any atom is 0.230 e. The van der Waals surface area contributed by atoms with Crippen molar-refractivity contribution in [1.29, 1.82) is 0 Å². The predicted octanol–water partition coefficient (Wildman–Crippen LogP) is 5.66. The van der Waals surface area contributed by atoms with Gasteiger partial charge in [0, 0.05) is 29.4 Å². The molecule has 2 aromatic carbocycles. The molecule has 4 rings (SSSR count). The Bertz CT molecular complexity index is 1130. The van der Waals surface area contributed by atoms with E-state index in [1.165, 1.54) is 23.1 Å². The number of rotatable bonds is 7. The lowest BCUT2D eigenvalue weighted by Gasteiger charge is -2.09. The Morgan fingerprint density at radius 2 is 2.26 bits per heavy atom. The van der Waals surface area contributed by atoms with E-state index in [2.05, 4.69) is 47.2 Å². The van der Waals surface area contributed by atoms with Crippen LogP contribution in [0.5, 0.6) is 5.75 Å². The minimum atomic E-state index is -0.00923. The highest BCUT2D eigenvalue weighted by Crippen LogP contribution is 2.33. The minimum Gasteiger partial charge on any atom is -0.506 e. The number of carbonyl (C=O) groups is 1. The van der Waals surface area contributed by atoms with Crippen LogP contribution in [0, 0.1) is 0 Å². The average Bonchev–Trinajstić information content (AvgIpc) is 3.41. The van der Waals surface area contributed by atoms with Crippen molar-refractivity contribution in [3.05, 3.63) is 44.8 Å². The molecule has 10 heteroatoms. The third-order valence-electron chi connectivity index (χ3n) is 4.64. The summed E-state index contributed by atoms with van der Waals surface area (Å²) in [5, 5.41) is 13.1. The molecular formula is C21H19Br2N3O3S2. The van der Waals surface area contributed by atoms with E-state index < -0.39 is 0 Å². The molecule has 0 unspecified atom stereocenters. The van der Waals surface area contributed by atoms with Crippen LogP contribution in [-0.4, -0.2) is 47.2 Å². The topological polar surface area (TPSA) is 83.8 Å². The number of aliphatic imine (C=N–C) groups is 1. The fraction of sp³-hybridized carbons (Fsp3) is 0.286. The van der Waals surface area contributed by atoms with Gasteiger partial charge >= 0.3 is 0 Å². The number of aromatic hydroxyl groups is 1. The quantitative estimate of drug-likeness (QED) is 0.276. The summed E-state index contributed by atoms with van der Waals surface area (Å²) in [6.45, 7) is 1.36. The number of phenols is 1. The summed E-state index contributed by atoms with van der Waals surface area (Å²) in [6.07, 6.45) is 3.85. The number of halogens is 2. The average molecular weight is 585 g/mol. The number of amides is 1. The van der Waals surface area contributed by atoms with Crippen LogP contribution in [0.4, 0.5) is 5.69 Å². The van der Waals surface area contributed by atoms with Crippen LogP contribution in [0.3, 0.4) is 0 Å². The fourth-order valence-electron chi connectivity index (χ4n) is 3.07. The van der Waals surface area contributed by atoms with E-state index in [1.807, 2.05) is 18.2 Å². The van der Waals surface area contributed by atoms with Crippen molar-refractivity contribution >= 4 is 83.0 Å². The molecule has 6 nitrogen and oxygen atoms in total. The summed E-state index contributed by atoms with van der Waals surface area (Å²) in [5.74, 6) is 0.460. The van der Waals surface area contributed by atoms with Gasteiger partial charge in [-0.05, 0) is 59.1 Å². The van der Waals surface area contributed by atoms with Crippen LogP contribution in [-0.2, 0) is 9.53 Å². The third-order valence-corrected chi connectivity index (χ3v) is 7.86. The standard InChI is InChI=1S/C21H19Br2N3O3S2/c22-13-6-12(20(28)16(23)7-13)9-24-14-3-4-17-18(8-14)31-21(26-17)30-11-19(27)25-10-15-2-1-5-29-15/h3-4,6-9,15,28H,1-2,5,10-11H2,(H,25,27)/t15-/m0/s1.